The number of nitrogens with zero attached hydrogens (tertiary/aromatic N) is 4. The molecule has 2 rings (SSSR count). The predicted octanol–water partition coefficient (Wildman–Crippen LogP) is 1.11. The van der Waals surface area contributed by atoms with Gasteiger partial charge in [0, 0.05) is 0 Å². The van der Waals surface area contributed by atoms with Crippen LogP contribution < -0.4 is 0 Å². The Kier molecular flexibility index (Phi) is 1.10. The van der Waals surface area contributed by atoms with Gasteiger partial charge in [0.2, 0.25) is 0 Å². The highest BCUT2D eigenvalue weighted by molar-refractivity contribution is 5.74. The van der Waals surface area contributed by atoms with Crippen LogP contribution in [-0.2, 0) is 0 Å². The first kappa shape index (κ1) is 5.86. The highest BCUT2D eigenvalue weighted by atomic mass is 15.6. The fourth-order valence-corrected chi connectivity index (χ4v) is 0.930. The number of para-hydroxylation sites is 1. The minimum atomic E-state index is 0.752. The van der Waals surface area contributed by atoms with Gasteiger partial charge < -0.3 is 11.5 Å². The van der Waals surface area contributed by atoms with Crippen molar-refractivity contribution < 1.29 is 0 Å². The molecule has 0 saturated carbocycles. The molecule has 52 valence electrons. The maximum absolute atomic E-state index is 6.73. The van der Waals surface area contributed by atoms with Crippen LogP contribution in [0.3, 0.4) is 0 Å². The van der Waals surface area contributed by atoms with Crippen LogP contribution in [0, 0.1) is 6.57 Å². The number of benzene rings is 1. The molecule has 0 spiro atoms. The van der Waals surface area contributed by atoms with E-state index >= 15 is 0 Å². The van der Waals surface area contributed by atoms with E-state index in [-0.39, 0.29) is 0 Å². The first-order valence-electron chi connectivity index (χ1n) is 3.10. The average Bonchev–Trinajstić information content (AvgIpc) is 2.47. The number of hydrogen-bond acceptors (Lipinski definition) is 2. The lowest BCUT2D eigenvalue weighted by molar-refractivity contribution is 0.819. The summed E-state index contributed by atoms with van der Waals surface area (Å²) in [6.45, 7) is 6.73. The second-order valence-corrected chi connectivity index (χ2v) is 2.07. The molecule has 0 bridgehead atoms. The minimum Gasteiger partial charge on any atom is -0.349 e. The van der Waals surface area contributed by atoms with Gasteiger partial charge in [-0.05, 0) is 17.2 Å². The molecule has 0 N–H and O–H groups in total. The SMILES string of the molecule is [C-]#[N+]n1nnc2ccccc21. The number of aromatic nitrogens is 3. The lowest BCUT2D eigenvalue weighted by Gasteiger charge is -1.81. The lowest BCUT2D eigenvalue weighted by atomic mass is 10.3. The van der Waals surface area contributed by atoms with Crippen molar-refractivity contribution in [2.24, 2.45) is 0 Å². The molecule has 1 aromatic carbocycles. The topological polar surface area (TPSA) is 35.1 Å². The molecule has 4 nitrogen and oxygen atoms in total. The summed E-state index contributed by atoms with van der Waals surface area (Å²) in [6.07, 6.45) is 0. The van der Waals surface area contributed by atoms with Gasteiger partial charge in [0.05, 0.1) is 4.79 Å². The molecule has 11 heavy (non-hydrogen) atoms. The second kappa shape index (κ2) is 2.06. The Morgan fingerprint density at radius 3 is 3.00 bits per heavy atom. The van der Waals surface area contributed by atoms with Gasteiger partial charge in [0.15, 0.2) is 10.7 Å². The third-order valence-corrected chi connectivity index (χ3v) is 1.43. The average molecular weight is 144 g/mol. The molecule has 2 aromatic rings. The molecule has 0 amide bonds. The molecule has 0 radical (unpaired) electrons. The standard InChI is InChI=1S/C7H4N4/c1-8-11-7-5-3-2-4-6(7)9-10-11/h2-5H. The highest BCUT2D eigenvalue weighted by Crippen LogP contribution is 2.08. The van der Waals surface area contributed by atoms with Crippen molar-refractivity contribution in [3.63, 3.8) is 0 Å². The van der Waals surface area contributed by atoms with E-state index in [1.165, 1.54) is 4.79 Å². The monoisotopic (exact) mass is 144 g/mol. The third kappa shape index (κ3) is 0.749. The molecule has 0 aliphatic rings. The van der Waals surface area contributed by atoms with E-state index in [0.29, 0.717) is 0 Å². The zero-order valence-corrected chi connectivity index (χ0v) is 5.60. The van der Waals surface area contributed by atoms with Crippen molar-refractivity contribution in [3.05, 3.63) is 35.8 Å². The van der Waals surface area contributed by atoms with E-state index in [1.54, 1.807) is 0 Å². The Labute approximate surface area is 62.8 Å². The normalized spacial score (nSPS) is 9.73. The van der Waals surface area contributed by atoms with Gasteiger partial charge in [0.25, 0.3) is 0 Å². The summed E-state index contributed by atoms with van der Waals surface area (Å²) >= 11 is 0. The first-order valence-corrected chi connectivity index (χ1v) is 3.10. The van der Waals surface area contributed by atoms with Crippen molar-refractivity contribution in [3.8, 4) is 0 Å². The maximum Gasteiger partial charge on any atom is 0.191 e. The Bertz CT molecular complexity index is 423. The zero-order valence-electron chi connectivity index (χ0n) is 5.60. The van der Waals surface area contributed by atoms with Crippen LogP contribution in [0.4, 0.5) is 0 Å². The van der Waals surface area contributed by atoms with Crippen LogP contribution in [0.5, 0.6) is 0 Å². The van der Waals surface area contributed by atoms with E-state index in [2.05, 4.69) is 15.3 Å². The van der Waals surface area contributed by atoms with Gasteiger partial charge in [0.1, 0.15) is 5.52 Å². The maximum atomic E-state index is 6.73. The number of hydrogen-bond donors (Lipinski definition) is 0. The predicted molar refractivity (Wildman–Crippen MR) is 39.5 cm³/mol. The molecule has 0 atom stereocenters. The summed E-state index contributed by atoms with van der Waals surface area (Å²) in [7, 11) is 0. The Morgan fingerprint density at radius 2 is 2.18 bits per heavy atom. The quantitative estimate of drug-likeness (QED) is 0.519. The fraction of sp³-hybridized carbons (Fsp3) is 0. The Hall–Kier alpha value is -1.89. The van der Waals surface area contributed by atoms with Crippen LogP contribution in [0.2, 0.25) is 0 Å². The van der Waals surface area contributed by atoms with E-state index < -0.39 is 0 Å². The molecule has 4 heteroatoms. The molecule has 0 fully saturated rings. The van der Waals surface area contributed by atoms with Crippen molar-refractivity contribution >= 4 is 11.0 Å². The van der Waals surface area contributed by atoms with E-state index in [1.807, 2.05) is 24.3 Å². The largest absolute Gasteiger partial charge is 0.349 e. The smallest absolute Gasteiger partial charge is 0.191 e. The summed E-state index contributed by atoms with van der Waals surface area (Å²) in [4.78, 5) is 4.33. The summed E-state index contributed by atoms with van der Waals surface area (Å²) in [6, 6.07) is 7.36. The van der Waals surface area contributed by atoms with Gasteiger partial charge in [-0.15, -0.1) is 0 Å². The first-order chi connectivity index (χ1) is 5.42. The molecular weight excluding hydrogens is 140 g/mol. The number of rotatable bonds is 0. The van der Waals surface area contributed by atoms with Crippen molar-refractivity contribution in [1.82, 2.24) is 15.1 Å². The van der Waals surface area contributed by atoms with Crippen LogP contribution >= 0.6 is 0 Å². The summed E-state index contributed by atoms with van der Waals surface area (Å²) in [5.74, 6) is 0. The summed E-state index contributed by atoms with van der Waals surface area (Å²) in [5.41, 5.74) is 1.51. The van der Waals surface area contributed by atoms with Crippen molar-refractivity contribution in [2.75, 3.05) is 0 Å². The van der Waals surface area contributed by atoms with E-state index in [4.69, 9.17) is 6.57 Å². The minimum absolute atomic E-state index is 0.752. The van der Waals surface area contributed by atoms with Crippen LogP contribution in [0.25, 0.3) is 16.0 Å². The van der Waals surface area contributed by atoms with Crippen molar-refractivity contribution in [1.29, 1.82) is 0 Å². The fourth-order valence-electron chi connectivity index (χ4n) is 0.930. The summed E-state index contributed by atoms with van der Waals surface area (Å²) < 4.78 is 0. The molecule has 0 aliphatic heterocycles. The van der Waals surface area contributed by atoms with Gasteiger partial charge in [-0.3, -0.25) is 0 Å². The molecule has 1 heterocycles. The molecule has 0 aliphatic carbocycles. The van der Waals surface area contributed by atoms with Crippen LogP contribution in [0.1, 0.15) is 0 Å². The van der Waals surface area contributed by atoms with Gasteiger partial charge in [-0.2, -0.15) is 0 Å². The molecular formula is C7H4N4. The van der Waals surface area contributed by atoms with Gasteiger partial charge >= 0.3 is 0 Å². The molecule has 0 saturated heterocycles. The van der Waals surface area contributed by atoms with Crippen LogP contribution in [0.15, 0.2) is 24.3 Å². The summed E-state index contributed by atoms with van der Waals surface area (Å²) in [5, 5.41) is 7.42. The van der Waals surface area contributed by atoms with Gasteiger partial charge in [-0.25, -0.2) is 0 Å². The van der Waals surface area contributed by atoms with E-state index in [9.17, 15) is 0 Å². The highest BCUT2D eigenvalue weighted by Gasteiger charge is 2.06. The molecule has 0 unspecified atom stereocenters. The van der Waals surface area contributed by atoms with Gasteiger partial charge in [-0.1, -0.05) is 12.1 Å². The molecule has 1 aromatic heterocycles. The Morgan fingerprint density at radius 1 is 1.36 bits per heavy atom. The number of fused-ring (bicyclic) bond motifs is 1. The van der Waals surface area contributed by atoms with Crippen LogP contribution in [-0.4, -0.2) is 15.1 Å². The second-order valence-electron chi connectivity index (χ2n) is 2.07. The van der Waals surface area contributed by atoms with E-state index in [0.717, 1.165) is 11.0 Å². The zero-order chi connectivity index (χ0) is 7.68. The third-order valence-electron chi connectivity index (χ3n) is 1.43. The lowest BCUT2D eigenvalue weighted by Crippen LogP contribution is -1.84. The Balaban J connectivity index is 2.89. The van der Waals surface area contributed by atoms with Crippen molar-refractivity contribution in [2.45, 2.75) is 0 Å².